The average molecular weight is 228 g/mol. The van der Waals surface area contributed by atoms with Crippen molar-refractivity contribution in [2.45, 2.75) is 13.8 Å². The van der Waals surface area contributed by atoms with Crippen LogP contribution in [0.1, 0.15) is 11.1 Å². The first-order chi connectivity index (χ1) is 8.06. The first-order valence-corrected chi connectivity index (χ1v) is 5.46. The second kappa shape index (κ2) is 4.37. The Balaban J connectivity index is 2.27. The van der Waals surface area contributed by atoms with E-state index in [1.807, 2.05) is 50.2 Å². The largest absolute Gasteiger partial charge is 0.457 e. The third-order valence-electron chi connectivity index (χ3n) is 2.68. The molecule has 3 nitrogen and oxygen atoms in total. The minimum absolute atomic E-state index is 0.724. The molecule has 0 fully saturated rings. The molecule has 3 heteroatoms. The first-order valence-electron chi connectivity index (χ1n) is 5.46. The second-order valence-corrected chi connectivity index (χ2v) is 4.14. The van der Waals surface area contributed by atoms with Crippen molar-refractivity contribution in [3.8, 4) is 11.5 Å². The van der Waals surface area contributed by atoms with Crippen LogP contribution in [-0.2, 0) is 0 Å². The maximum Gasteiger partial charge on any atom is 0.128 e. The third kappa shape index (κ3) is 2.50. The van der Waals surface area contributed by atoms with Crippen molar-refractivity contribution in [1.29, 1.82) is 0 Å². The minimum Gasteiger partial charge on any atom is -0.457 e. The summed E-state index contributed by atoms with van der Waals surface area (Å²) in [5, 5.41) is 0. The quantitative estimate of drug-likeness (QED) is 0.775. The molecule has 0 aromatic heterocycles. The van der Waals surface area contributed by atoms with Crippen molar-refractivity contribution in [3.63, 3.8) is 0 Å². The zero-order valence-electron chi connectivity index (χ0n) is 10.0. The molecule has 2 rings (SSSR count). The number of rotatable bonds is 2. The van der Waals surface area contributed by atoms with Crippen LogP contribution in [0.15, 0.2) is 36.4 Å². The predicted octanol–water partition coefficient (Wildman–Crippen LogP) is 3.26. The molecular weight excluding hydrogens is 212 g/mol. The van der Waals surface area contributed by atoms with Gasteiger partial charge < -0.3 is 16.2 Å². The van der Waals surface area contributed by atoms with Crippen molar-refractivity contribution in [1.82, 2.24) is 0 Å². The van der Waals surface area contributed by atoms with E-state index < -0.39 is 0 Å². The van der Waals surface area contributed by atoms with E-state index in [4.69, 9.17) is 16.2 Å². The molecule has 17 heavy (non-hydrogen) atoms. The Bertz CT molecular complexity index is 509. The summed E-state index contributed by atoms with van der Waals surface area (Å²) in [6.07, 6.45) is 0. The van der Waals surface area contributed by atoms with Gasteiger partial charge in [0.2, 0.25) is 0 Å². The topological polar surface area (TPSA) is 61.3 Å². The van der Waals surface area contributed by atoms with Crippen molar-refractivity contribution in [2.75, 3.05) is 11.5 Å². The number of benzene rings is 2. The van der Waals surface area contributed by atoms with E-state index in [0.717, 1.165) is 34.0 Å². The highest BCUT2D eigenvalue weighted by atomic mass is 16.5. The standard InChI is InChI=1S/C14H16N2O/c1-9-7-13(8-10(2)14(9)16)17-12-5-3-11(15)4-6-12/h3-8H,15-16H2,1-2H3. The Morgan fingerprint density at radius 1 is 0.824 bits per heavy atom. The summed E-state index contributed by atoms with van der Waals surface area (Å²) in [7, 11) is 0. The first kappa shape index (κ1) is 11.3. The van der Waals surface area contributed by atoms with Crippen LogP contribution < -0.4 is 16.2 Å². The highest BCUT2D eigenvalue weighted by Gasteiger charge is 2.03. The molecule has 0 saturated heterocycles. The van der Waals surface area contributed by atoms with E-state index in [1.54, 1.807) is 0 Å². The van der Waals surface area contributed by atoms with Crippen LogP contribution in [0.3, 0.4) is 0 Å². The normalized spacial score (nSPS) is 10.2. The lowest BCUT2D eigenvalue weighted by Gasteiger charge is -2.10. The van der Waals surface area contributed by atoms with E-state index in [9.17, 15) is 0 Å². The molecular formula is C14H16N2O. The summed E-state index contributed by atoms with van der Waals surface area (Å²) in [5.41, 5.74) is 15.1. The molecule has 0 aliphatic heterocycles. The molecule has 2 aromatic rings. The Labute approximate surface area is 101 Å². The number of nitrogens with two attached hydrogens (primary N) is 2. The fourth-order valence-corrected chi connectivity index (χ4v) is 1.67. The molecule has 88 valence electrons. The van der Waals surface area contributed by atoms with Crippen LogP contribution in [0.4, 0.5) is 11.4 Å². The zero-order valence-corrected chi connectivity index (χ0v) is 10.0. The molecule has 0 atom stereocenters. The third-order valence-corrected chi connectivity index (χ3v) is 2.68. The van der Waals surface area contributed by atoms with E-state index in [1.165, 1.54) is 0 Å². The number of hydrogen-bond acceptors (Lipinski definition) is 3. The Morgan fingerprint density at radius 2 is 1.35 bits per heavy atom. The molecule has 4 N–H and O–H groups in total. The van der Waals surface area contributed by atoms with Gasteiger partial charge in [0.15, 0.2) is 0 Å². The SMILES string of the molecule is Cc1cc(Oc2ccc(N)cc2)cc(C)c1N. The molecule has 0 spiro atoms. The molecule has 0 aliphatic rings. The highest BCUT2D eigenvalue weighted by Crippen LogP contribution is 2.27. The fraction of sp³-hybridized carbons (Fsp3) is 0.143. The lowest BCUT2D eigenvalue weighted by atomic mass is 10.1. The molecule has 0 heterocycles. The van der Waals surface area contributed by atoms with Crippen molar-refractivity contribution in [3.05, 3.63) is 47.5 Å². The van der Waals surface area contributed by atoms with Gasteiger partial charge in [0.1, 0.15) is 11.5 Å². The van der Waals surface area contributed by atoms with Gasteiger partial charge >= 0.3 is 0 Å². The minimum atomic E-state index is 0.724. The van der Waals surface area contributed by atoms with Gasteiger partial charge in [-0.3, -0.25) is 0 Å². The summed E-state index contributed by atoms with van der Waals surface area (Å²) in [6.45, 7) is 3.94. The fourth-order valence-electron chi connectivity index (χ4n) is 1.67. The van der Waals surface area contributed by atoms with Crippen LogP contribution in [-0.4, -0.2) is 0 Å². The van der Waals surface area contributed by atoms with E-state index in [2.05, 4.69) is 0 Å². The summed E-state index contributed by atoms with van der Waals surface area (Å²) in [4.78, 5) is 0. The van der Waals surface area contributed by atoms with Crippen LogP contribution in [0.2, 0.25) is 0 Å². The summed E-state index contributed by atoms with van der Waals surface area (Å²) in [5.74, 6) is 1.56. The van der Waals surface area contributed by atoms with Crippen molar-refractivity contribution >= 4 is 11.4 Å². The Morgan fingerprint density at radius 3 is 1.88 bits per heavy atom. The van der Waals surface area contributed by atoms with Gasteiger partial charge in [-0.25, -0.2) is 0 Å². The maximum absolute atomic E-state index is 5.89. The van der Waals surface area contributed by atoms with Gasteiger partial charge in [-0.15, -0.1) is 0 Å². The van der Waals surface area contributed by atoms with Crippen molar-refractivity contribution < 1.29 is 4.74 Å². The second-order valence-electron chi connectivity index (χ2n) is 4.14. The van der Waals surface area contributed by atoms with Gasteiger partial charge in [0, 0.05) is 11.4 Å². The molecule has 0 aliphatic carbocycles. The molecule has 0 amide bonds. The summed E-state index contributed by atoms with van der Waals surface area (Å²) in [6, 6.07) is 11.2. The average Bonchev–Trinajstić information content (AvgIpc) is 2.29. The smallest absolute Gasteiger partial charge is 0.128 e. The maximum atomic E-state index is 5.89. The van der Waals surface area contributed by atoms with Gasteiger partial charge in [-0.05, 0) is 61.4 Å². The van der Waals surface area contributed by atoms with Crippen LogP contribution >= 0.6 is 0 Å². The summed E-state index contributed by atoms with van der Waals surface area (Å²) < 4.78 is 5.74. The van der Waals surface area contributed by atoms with Crippen LogP contribution in [0.5, 0.6) is 11.5 Å². The number of aryl methyl sites for hydroxylation is 2. The van der Waals surface area contributed by atoms with Gasteiger partial charge in [-0.1, -0.05) is 0 Å². The Kier molecular flexibility index (Phi) is 2.91. The molecule has 0 radical (unpaired) electrons. The Hall–Kier alpha value is -2.16. The van der Waals surface area contributed by atoms with E-state index >= 15 is 0 Å². The van der Waals surface area contributed by atoms with Gasteiger partial charge in [-0.2, -0.15) is 0 Å². The van der Waals surface area contributed by atoms with Crippen LogP contribution in [0.25, 0.3) is 0 Å². The lowest BCUT2D eigenvalue weighted by molar-refractivity contribution is 0.482. The molecule has 2 aromatic carbocycles. The number of anilines is 2. The summed E-state index contributed by atoms with van der Waals surface area (Å²) >= 11 is 0. The predicted molar refractivity (Wildman–Crippen MR) is 71.3 cm³/mol. The molecule has 0 unspecified atom stereocenters. The van der Waals surface area contributed by atoms with Crippen LogP contribution in [0, 0.1) is 13.8 Å². The lowest BCUT2D eigenvalue weighted by Crippen LogP contribution is -1.95. The highest BCUT2D eigenvalue weighted by molar-refractivity contribution is 5.56. The number of nitrogen functional groups attached to an aromatic ring is 2. The molecule has 0 saturated carbocycles. The van der Waals surface area contributed by atoms with Gasteiger partial charge in [0.25, 0.3) is 0 Å². The van der Waals surface area contributed by atoms with E-state index in [0.29, 0.717) is 0 Å². The number of ether oxygens (including phenoxy) is 1. The van der Waals surface area contributed by atoms with Crippen molar-refractivity contribution in [2.24, 2.45) is 0 Å². The molecule has 0 bridgehead atoms. The number of hydrogen-bond donors (Lipinski definition) is 2. The zero-order chi connectivity index (χ0) is 12.4. The van der Waals surface area contributed by atoms with E-state index in [-0.39, 0.29) is 0 Å². The van der Waals surface area contributed by atoms with Gasteiger partial charge in [0.05, 0.1) is 0 Å². The monoisotopic (exact) mass is 228 g/mol.